The Morgan fingerprint density at radius 2 is 2.21 bits per heavy atom. The molecule has 0 spiro atoms. The van der Waals surface area contributed by atoms with Crippen molar-refractivity contribution in [3.63, 3.8) is 0 Å². The minimum atomic E-state index is -0.319. The van der Waals surface area contributed by atoms with Crippen molar-refractivity contribution in [3.05, 3.63) is 29.1 Å². The monoisotopic (exact) mass is 261 g/mol. The zero-order valence-corrected chi connectivity index (χ0v) is 11.7. The second kappa shape index (κ2) is 5.58. The van der Waals surface area contributed by atoms with Crippen molar-refractivity contribution in [2.75, 3.05) is 18.4 Å². The quantitative estimate of drug-likeness (QED) is 0.909. The molecule has 102 valence electrons. The van der Waals surface area contributed by atoms with Gasteiger partial charge in [-0.1, -0.05) is 0 Å². The second-order valence-corrected chi connectivity index (χ2v) is 5.46. The third kappa shape index (κ3) is 3.05. The molecule has 1 fully saturated rings. The van der Waals surface area contributed by atoms with E-state index in [1.165, 1.54) is 6.07 Å². The molecule has 0 aromatic heterocycles. The highest BCUT2D eigenvalue weighted by molar-refractivity contribution is 5.56. The lowest BCUT2D eigenvalue weighted by Gasteiger charge is -2.21. The average Bonchev–Trinajstić information content (AvgIpc) is 2.83. The van der Waals surface area contributed by atoms with E-state index in [0.717, 1.165) is 25.2 Å². The summed E-state index contributed by atoms with van der Waals surface area (Å²) in [6.07, 6.45) is 1.05. The fourth-order valence-electron chi connectivity index (χ4n) is 2.49. The lowest BCUT2D eigenvalue weighted by atomic mass is 10.1. The molecule has 0 saturated carbocycles. The fourth-order valence-corrected chi connectivity index (χ4v) is 2.49. The zero-order valence-electron chi connectivity index (χ0n) is 11.7. The van der Waals surface area contributed by atoms with Gasteiger partial charge >= 0.3 is 0 Å². The van der Waals surface area contributed by atoms with Crippen LogP contribution in [0, 0.1) is 24.1 Å². The number of nitriles is 1. The Hall–Kier alpha value is -1.60. The first-order valence-corrected chi connectivity index (χ1v) is 6.72. The number of hydrogen-bond acceptors (Lipinski definition) is 3. The molecular weight excluding hydrogens is 241 g/mol. The standard InChI is InChI=1S/C15H20FN3/c1-10(2)19-5-4-13(9-19)18-15-7-12(8-17)6-14(16)11(15)3/h6-7,10,13,18H,4-5,9H2,1-3H3. The van der Waals surface area contributed by atoms with Gasteiger partial charge in [-0.3, -0.25) is 4.90 Å². The maximum absolute atomic E-state index is 13.7. The summed E-state index contributed by atoms with van der Waals surface area (Å²) in [5.74, 6) is -0.319. The molecule has 3 nitrogen and oxygen atoms in total. The zero-order chi connectivity index (χ0) is 14.0. The van der Waals surface area contributed by atoms with Gasteiger partial charge in [-0.25, -0.2) is 4.39 Å². The maximum atomic E-state index is 13.7. The molecule has 0 bridgehead atoms. The Balaban J connectivity index is 2.12. The van der Waals surface area contributed by atoms with E-state index < -0.39 is 0 Å². The molecule has 4 heteroatoms. The Bertz CT molecular complexity index is 505. The number of benzene rings is 1. The number of nitrogens with zero attached hydrogens (tertiary/aromatic N) is 2. The third-order valence-corrected chi connectivity index (χ3v) is 3.78. The molecule has 0 amide bonds. The van der Waals surface area contributed by atoms with Gasteiger partial charge in [0.25, 0.3) is 0 Å². The van der Waals surface area contributed by atoms with Crippen LogP contribution in [0.1, 0.15) is 31.4 Å². The SMILES string of the molecule is Cc1c(F)cc(C#N)cc1NC1CCN(C(C)C)C1. The van der Waals surface area contributed by atoms with E-state index in [9.17, 15) is 4.39 Å². The van der Waals surface area contributed by atoms with E-state index in [2.05, 4.69) is 24.1 Å². The van der Waals surface area contributed by atoms with Crippen LogP contribution in [0.2, 0.25) is 0 Å². The minimum Gasteiger partial charge on any atom is -0.381 e. The molecule has 1 N–H and O–H groups in total. The van der Waals surface area contributed by atoms with Crippen molar-refractivity contribution < 1.29 is 4.39 Å². The lowest BCUT2D eigenvalue weighted by molar-refractivity contribution is 0.274. The van der Waals surface area contributed by atoms with Gasteiger partial charge in [0, 0.05) is 36.4 Å². The predicted molar refractivity (Wildman–Crippen MR) is 74.6 cm³/mol. The molecule has 0 aliphatic carbocycles. The summed E-state index contributed by atoms with van der Waals surface area (Å²) in [5.41, 5.74) is 1.69. The van der Waals surface area contributed by atoms with Crippen molar-refractivity contribution in [3.8, 4) is 6.07 Å². The average molecular weight is 261 g/mol. The van der Waals surface area contributed by atoms with Crippen LogP contribution in [-0.4, -0.2) is 30.1 Å². The number of anilines is 1. The third-order valence-electron chi connectivity index (χ3n) is 3.78. The van der Waals surface area contributed by atoms with Crippen molar-refractivity contribution in [1.29, 1.82) is 5.26 Å². The number of halogens is 1. The van der Waals surface area contributed by atoms with Gasteiger partial charge in [0.15, 0.2) is 0 Å². The predicted octanol–water partition coefficient (Wildman–Crippen LogP) is 2.90. The normalized spacial score (nSPS) is 19.7. The van der Waals surface area contributed by atoms with Crippen molar-refractivity contribution >= 4 is 5.69 Å². The van der Waals surface area contributed by atoms with E-state index in [0.29, 0.717) is 23.2 Å². The van der Waals surface area contributed by atoms with Gasteiger partial charge in [0.05, 0.1) is 11.6 Å². The smallest absolute Gasteiger partial charge is 0.129 e. The van der Waals surface area contributed by atoms with E-state index in [1.54, 1.807) is 13.0 Å². The van der Waals surface area contributed by atoms with Gasteiger partial charge in [0.1, 0.15) is 5.82 Å². The second-order valence-electron chi connectivity index (χ2n) is 5.46. The summed E-state index contributed by atoms with van der Waals surface area (Å²) in [6.45, 7) is 8.14. The molecule has 1 aromatic rings. The van der Waals surface area contributed by atoms with Crippen LogP contribution in [0.5, 0.6) is 0 Å². The Labute approximate surface area is 114 Å². The molecule has 0 radical (unpaired) electrons. The first-order valence-electron chi connectivity index (χ1n) is 6.72. The first-order chi connectivity index (χ1) is 9.01. The summed E-state index contributed by atoms with van der Waals surface area (Å²) < 4.78 is 13.7. The van der Waals surface area contributed by atoms with E-state index in [-0.39, 0.29) is 5.82 Å². The fraction of sp³-hybridized carbons (Fsp3) is 0.533. The van der Waals surface area contributed by atoms with Crippen LogP contribution in [0.25, 0.3) is 0 Å². The van der Waals surface area contributed by atoms with Gasteiger partial charge < -0.3 is 5.32 Å². The molecule has 1 saturated heterocycles. The van der Waals surface area contributed by atoms with E-state index in [1.807, 2.05) is 6.07 Å². The Morgan fingerprint density at radius 1 is 1.47 bits per heavy atom. The van der Waals surface area contributed by atoms with Crippen LogP contribution in [0.4, 0.5) is 10.1 Å². The maximum Gasteiger partial charge on any atom is 0.129 e. The van der Waals surface area contributed by atoms with Crippen LogP contribution in [0.15, 0.2) is 12.1 Å². The van der Waals surface area contributed by atoms with Crippen LogP contribution < -0.4 is 5.32 Å². The molecule has 1 aliphatic heterocycles. The Morgan fingerprint density at radius 3 is 2.79 bits per heavy atom. The summed E-state index contributed by atoms with van der Waals surface area (Å²) >= 11 is 0. The molecule has 19 heavy (non-hydrogen) atoms. The van der Waals surface area contributed by atoms with E-state index >= 15 is 0 Å². The summed E-state index contributed by atoms with van der Waals surface area (Å²) in [6, 6.07) is 5.88. The highest BCUT2D eigenvalue weighted by Crippen LogP contribution is 2.24. The minimum absolute atomic E-state index is 0.319. The van der Waals surface area contributed by atoms with Crippen molar-refractivity contribution in [2.24, 2.45) is 0 Å². The molecule has 1 unspecified atom stereocenters. The van der Waals surface area contributed by atoms with Crippen molar-refractivity contribution in [1.82, 2.24) is 4.90 Å². The molecular formula is C15H20FN3. The highest BCUT2D eigenvalue weighted by Gasteiger charge is 2.24. The van der Waals surface area contributed by atoms with Gasteiger partial charge in [0.2, 0.25) is 0 Å². The first kappa shape index (κ1) is 13.8. The van der Waals surface area contributed by atoms with E-state index in [4.69, 9.17) is 5.26 Å². The van der Waals surface area contributed by atoms with Gasteiger partial charge in [-0.05, 0) is 39.3 Å². The van der Waals surface area contributed by atoms with Crippen LogP contribution >= 0.6 is 0 Å². The topological polar surface area (TPSA) is 39.1 Å². The summed E-state index contributed by atoms with van der Waals surface area (Å²) in [7, 11) is 0. The summed E-state index contributed by atoms with van der Waals surface area (Å²) in [5, 5.41) is 12.3. The molecule has 1 heterocycles. The number of likely N-dealkylation sites (tertiary alicyclic amines) is 1. The number of nitrogens with one attached hydrogen (secondary N) is 1. The summed E-state index contributed by atoms with van der Waals surface area (Å²) in [4.78, 5) is 2.40. The Kier molecular flexibility index (Phi) is 4.06. The number of rotatable bonds is 3. The van der Waals surface area contributed by atoms with Crippen LogP contribution in [0.3, 0.4) is 0 Å². The molecule has 1 atom stereocenters. The molecule has 2 rings (SSSR count). The van der Waals surface area contributed by atoms with Crippen LogP contribution in [-0.2, 0) is 0 Å². The lowest BCUT2D eigenvalue weighted by Crippen LogP contribution is -2.31. The molecule has 1 aromatic carbocycles. The van der Waals surface area contributed by atoms with Gasteiger partial charge in [-0.15, -0.1) is 0 Å². The molecule has 1 aliphatic rings. The largest absolute Gasteiger partial charge is 0.381 e. The van der Waals surface area contributed by atoms with Crippen molar-refractivity contribution in [2.45, 2.75) is 39.3 Å². The highest BCUT2D eigenvalue weighted by atomic mass is 19.1. The van der Waals surface area contributed by atoms with Gasteiger partial charge in [-0.2, -0.15) is 5.26 Å². The number of hydrogen-bond donors (Lipinski definition) is 1.